The van der Waals surface area contributed by atoms with Gasteiger partial charge in [-0.15, -0.1) is 0 Å². The van der Waals surface area contributed by atoms with Crippen LogP contribution in [0.1, 0.15) is 41.3 Å². The molecule has 170 valence electrons. The number of para-hydroxylation sites is 1. The summed E-state index contributed by atoms with van der Waals surface area (Å²) in [4.78, 5) is 44.7. The van der Waals surface area contributed by atoms with Gasteiger partial charge in [0.05, 0.1) is 23.1 Å². The lowest BCUT2D eigenvalue weighted by Crippen LogP contribution is -2.33. The van der Waals surface area contributed by atoms with Crippen molar-refractivity contribution in [3.05, 3.63) is 101 Å². The predicted molar refractivity (Wildman–Crippen MR) is 130 cm³/mol. The molecule has 0 spiro atoms. The molecule has 1 aliphatic carbocycles. The SMILES string of the molecule is CC1=CC[C@H]2C(=O)N(c3ccccc3C(=O)Nc3ccc(Cc4ccncc4)cc3)C(=O)[C@H]2C1. The molecule has 1 aliphatic heterocycles. The van der Waals surface area contributed by atoms with Crippen molar-refractivity contribution in [1.29, 1.82) is 0 Å². The first kappa shape index (κ1) is 21.8. The molecule has 2 heterocycles. The van der Waals surface area contributed by atoms with E-state index in [0.717, 1.165) is 23.1 Å². The summed E-state index contributed by atoms with van der Waals surface area (Å²) in [5.74, 6) is -1.49. The Labute approximate surface area is 198 Å². The van der Waals surface area contributed by atoms with E-state index in [1.54, 1.807) is 36.7 Å². The number of imide groups is 1. The molecule has 1 saturated heterocycles. The van der Waals surface area contributed by atoms with E-state index in [9.17, 15) is 14.4 Å². The molecule has 5 rings (SSSR count). The zero-order valence-corrected chi connectivity index (χ0v) is 18.9. The van der Waals surface area contributed by atoms with Crippen molar-refractivity contribution in [1.82, 2.24) is 4.98 Å². The van der Waals surface area contributed by atoms with Crippen molar-refractivity contribution in [3.63, 3.8) is 0 Å². The number of hydrogen-bond donors (Lipinski definition) is 1. The van der Waals surface area contributed by atoms with Crippen LogP contribution in [0.4, 0.5) is 11.4 Å². The molecule has 2 aliphatic rings. The maximum Gasteiger partial charge on any atom is 0.257 e. The smallest absolute Gasteiger partial charge is 0.257 e. The van der Waals surface area contributed by atoms with Gasteiger partial charge in [0.15, 0.2) is 0 Å². The molecule has 6 nitrogen and oxygen atoms in total. The topological polar surface area (TPSA) is 79.4 Å². The highest BCUT2D eigenvalue weighted by molar-refractivity contribution is 6.25. The van der Waals surface area contributed by atoms with Crippen molar-refractivity contribution < 1.29 is 14.4 Å². The minimum atomic E-state index is -0.359. The molecule has 3 amide bonds. The Morgan fingerprint density at radius 1 is 0.941 bits per heavy atom. The summed E-state index contributed by atoms with van der Waals surface area (Å²) in [6.07, 6.45) is 7.50. The highest BCUT2D eigenvalue weighted by atomic mass is 16.2. The first-order valence-electron chi connectivity index (χ1n) is 11.4. The van der Waals surface area contributed by atoms with Crippen LogP contribution in [0, 0.1) is 11.8 Å². The summed E-state index contributed by atoms with van der Waals surface area (Å²) >= 11 is 0. The summed E-state index contributed by atoms with van der Waals surface area (Å²) in [5, 5.41) is 2.90. The van der Waals surface area contributed by atoms with E-state index in [2.05, 4.69) is 10.3 Å². The number of nitrogens with zero attached hydrogens (tertiary/aromatic N) is 2. The Hall–Kier alpha value is -4.06. The fourth-order valence-electron chi connectivity index (χ4n) is 4.78. The molecule has 2 atom stereocenters. The molecule has 3 aromatic rings. The number of anilines is 2. The molecule has 0 radical (unpaired) electrons. The first-order valence-corrected chi connectivity index (χ1v) is 11.4. The molecule has 0 saturated carbocycles. The highest BCUT2D eigenvalue weighted by Gasteiger charge is 2.49. The van der Waals surface area contributed by atoms with Gasteiger partial charge in [-0.2, -0.15) is 0 Å². The van der Waals surface area contributed by atoms with Crippen LogP contribution in [0.25, 0.3) is 0 Å². The second-order valence-electron chi connectivity index (χ2n) is 8.92. The fraction of sp³-hybridized carbons (Fsp3) is 0.214. The molecular weight excluding hydrogens is 426 g/mol. The minimum Gasteiger partial charge on any atom is -0.322 e. The van der Waals surface area contributed by atoms with Crippen LogP contribution in [0.5, 0.6) is 0 Å². The van der Waals surface area contributed by atoms with Crippen molar-refractivity contribution in [2.45, 2.75) is 26.2 Å². The van der Waals surface area contributed by atoms with E-state index < -0.39 is 0 Å². The molecule has 2 aromatic carbocycles. The average molecular weight is 452 g/mol. The van der Waals surface area contributed by atoms with E-state index in [1.807, 2.05) is 49.4 Å². The standard InChI is InChI=1S/C28H25N3O3/c1-18-6-11-22-24(16-18)28(34)31(27(22)33)25-5-3-2-4-23(25)26(32)30-21-9-7-19(8-10-21)17-20-12-14-29-15-13-20/h2-10,12-15,22,24H,11,16-17H2,1H3,(H,30,32)/t22-,24+/m1/s1. The number of hydrogen-bond acceptors (Lipinski definition) is 4. The van der Waals surface area contributed by atoms with Crippen LogP contribution in [-0.2, 0) is 16.0 Å². The van der Waals surface area contributed by atoms with Gasteiger partial charge in [0.1, 0.15) is 0 Å². The zero-order valence-electron chi connectivity index (χ0n) is 18.9. The van der Waals surface area contributed by atoms with Gasteiger partial charge in [-0.25, -0.2) is 4.90 Å². The van der Waals surface area contributed by atoms with Gasteiger partial charge in [0.25, 0.3) is 5.91 Å². The monoisotopic (exact) mass is 451 g/mol. The Kier molecular flexibility index (Phi) is 5.80. The number of aromatic nitrogens is 1. The van der Waals surface area contributed by atoms with Crippen LogP contribution in [-0.4, -0.2) is 22.7 Å². The fourth-order valence-corrected chi connectivity index (χ4v) is 4.78. The van der Waals surface area contributed by atoms with Gasteiger partial charge < -0.3 is 5.32 Å². The normalized spacial score (nSPS) is 19.6. The molecule has 6 heteroatoms. The number of fused-ring (bicyclic) bond motifs is 1. The summed E-state index contributed by atoms with van der Waals surface area (Å²) in [6.45, 7) is 1.99. The van der Waals surface area contributed by atoms with E-state index in [0.29, 0.717) is 29.8 Å². The van der Waals surface area contributed by atoms with Crippen molar-refractivity contribution in [3.8, 4) is 0 Å². The largest absolute Gasteiger partial charge is 0.322 e. The van der Waals surface area contributed by atoms with Crippen LogP contribution in [0.2, 0.25) is 0 Å². The second kappa shape index (κ2) is 9.06. The molecule has 1 N–H and O–H groups in total. The van der Waals surface area contributed by atoms with Gasteiger partial charge >= 0.3 is 0 Å². The number of carbonyl (C=O) groups excluding carboxylic acids is 3. The van der Waals surface area contributed by atoms with Crippen molar-refractivity contribution >= 4 is 29.1 Å². The Balaban J connectivity index is 1.34. The number of pyridine rings is 1. The molecule has 1 aromatic heterocycles. The Morgan fingerprint density at radius 3 is 2.38 bits per heavy atom. The summed E-state index contributed by atoms with van der Waals surface area (Å²) in [7, 11) is 0. The van der Waals surface area contributed by atoms with Crippen molar-refractivity contribution in [2.24, 2.45) is 11.8 Å². The number of rotatable bonds is 5. The van der Waals surface area contributed by atoms with Gasteiger partial charge in [0.2, 0.25) is 11.8 Å². The van der Waals surface area contributed by atoms with Crippen LogP contribution in [0.3, 0.4) is 0 Å². The third-order valence-corrected chi connectivity index (χ3v) is 6.58. The lowest BCUT2D eigenvalue weighted by atomic mass is 9.82. The molecule has 0 bridgehead atoms. The van der Waals surface area contributed by atoms with E-state index in [1.165, 1.54) is 4.90 Å². The second-order valence-corrected chi connectivity index (χ2v) is 8.92. The maximum atomic E-state index is 13.2. The van der Waals surface area contributed by atoms with Gasteiger partial charge in [-0.05, 0) is 73.7 Å². The van der Waals surface area contributed by atoms with E-state index in [-0.39, 0.29) is 29.6 Å². The summed E-state index contributed by atoms with van der Waals surface area (Å²) in [5.41, 5.74) is 4.69. The Morgan fingerprint density at radius 2 is 1.62 bits per heavy atom. The highest BCUT2D eigenvalue weighted by Crippen LogP contribution is 2.40. The molecule has 0 unspecified atom stereocenters. The summed E-state index contributed by atoms with van der Waals surface area (Å²) in [6, 6.07) is 18.4. The minimum absolute atomic E-state index is 0.219. The van der Waals surface area contributed by atoms with Crippen LogP contribution < -0.4 is 10.2 Å². The molecule has 34 heavy (non-hydrogen) atoms. The van der Waals surface area contributed by atoms with Crippen LogP contribution in [0.15, 0.2) is 84.7 Å². The number of nitrogens with one attached hydrogen (secondary N) is 1. The van der Waals surface area contributed by atoms with Crippen molar-refractivity contribution in [2.75, 3.05) is 10.2 Å². The number of carbonyl (C=O) groups is 3. The first-order chi connectivity index (χ1) is 16.5. The maximum absolute atomic E-state index is 13.2. The quantitative estimate of drug-likeness (QED) is 0.448. The third-order valence-electron chi connectivity index (χ3n) is 6.58. The van der Waals surface area contributed by atoms with Gasteiger partial charge in [-0.3, -0.25) is 19.4 Å². The van der Waals surface area contributed by atoms with Gasteiger partial charge in [0, 0.05) is 18.1 Å². The van der Waals surface area contributed by atoms with Crippen LogP contribution >= 0.6 is 0 Å². The zero-order chi connectivity index (χ0) is 23.7. The molecule has 1 fully saturated rings. The summed E-state index contributed by atoms with van der Waals surface area (Å²) < 4.78 is 0. The lowest BCUT2D eigenvalue weighted by Gasteiger charge is -2.19. The number of allylic oxidation sites excluding steroid dienone is 2. The third kappa shape index (κ3) is 4.15. The van der Waals surface area contributed by atoms with Gasteiger partial charge in [-0.1, -0.05) is 35.9 Å². The molecular formula is C28H25N3O3. The van der Waals surface area contributed by atoms with E-state index >= 15 is 0 Å². The average Bonchev–Trinajstić information content (AvgIpc) is 3.10. The number of benzene rings is 2. The predicted octanol–water partition coefficient (Wildman–Crippen LogP) is 4.77. The Bertz CT molecular complexity index is 1280. The lowest BCUT2D eigenvalue weighted by molar-refractivity contribution is -0.122. The number of amides is 3. The van der Waals surface area contributed by atoms with E-state index in [4.69, 9.17) is 0 Å².